The molecule has 0 aliphatic rings. The minimum absolute atomic E-state index is 0. The fourth-order valence-electron chi connectivity index (χ4n) is 2.40. The summed E-state index contributed by atoms with van der Waals surface area (Å²) in [5, 5.41) is 1.69. The van der Waals surface area contributed by atoms with Crippen molar-refractivity contribution in [3.8, 4) is 0 Å². The smallest absolute Gasteiger partial charge is 0.296 e. The number of rotatable bonds is 3. The van der Waals surface area contributed by atoms with Gasteiger partial charge in [0.05, 0.1) is 0 Å². The zero-order valence-electron chi connectivity index (χ0n) is 11.1. The molecule has 0 bridgehead atoms. The molecule has 0 N–H and O–H groups in total. The standard InChI is InChI=1S/C12H22NSi2.Cu/c1-14(2,3)12(15(4,5)6)11-9-7-8-10-13-11;/h7-10H,1-6H3;/q-1;+1. The average molecular weight is 300 g/mol. The van der Waals surface area contributed by atoms with E-state index in [0.29, 0.717) is 0 Å². The molecule has 0 unspecified atom stereocenters. The van der Waals surface area contributed by atoms with Crippen LogP contribution < -0.4 is 0 Å². The summed E-state index contributed by atoms with van der Waals surface area (Å²) < 4.78 is 0. The van der Waals surface area contributed by atoms with Gasteiger partial charge in [-0.1, -0.05) is 45.3 Å². The third kappa shape index (κ3) is 4.09. The van der Waals surface area contributed by atoms with Crippen molar-refractivity contribution in [1.29, 1.82) is 0 Å². The van der Waals surface area contributed by atoms with Crippen molar-refractivity contribution in [1.82, 2.24) is 4.98 Å². The molecule has 1 rings (SSSR count). The van der Waals surface area contributed by atoms with Crippen molar-refractivity contribution < 1.29 is 17.1 Å². The minimum atomic E-state index is -1.25. The molecular weight excluding hydrogens is 278 g/mol. The second-order valence-electron chi connectivity index (χ2n) is 6.09. The maximum Gasteiger partial charge on any atom is 1.00 e. The summed E-state index contributed by atoms with van der Waals surface area (Å²) in [6.45, 7) is 14.6. The first-order chi connectivity index (χ1) is 6.73. The zero-order valence-corrected chi connectivity index (χ0v) is 14.0. The van der Waals surface area contributed by atoms with Crippen LogP contribution in [0.1, 0.15) is 5.69 Å². The Morgan fingerprint density at radius 1 is 0.938 bits per heavy atom. The molecule has 0 saturated carbocycles. The number of aromatic nitrogens is 1. The minimum Gasteiger partial charge on any atom is -0.296 e. The van der Waals surface area contributed by atoms with E-state index >= 15 is 0 Å². The van der Waals surface area contributed by atoms with Crippen molar-refractivity contribution in [3.05, 3.63) is 35.3 Å². The van der Waals surface area contributed by atoms with Crippen LogP contribution in [0.3, 0.4) is 0 Å². The monoisotopic (exact) mass is 299 g/mol. The van der Waals surface area contributed by atoms with E-state index in [1.54, 1.807) is 5.16 Å². The summed E-state index contributed by atoms with van der Waals surface area (Å²) in [7, 11) is -2.49. The van der Waals surface area contributed by atoms with Crippen LogP contribution in [0.5, 0.6) is 0 Å². The molecule has 1 heterocycles. The Balaban J connectivity index is 0.00000225. The Hall–Kier alpha value is -0.0268. The molecule has 1 aromatic rings. The molecule has 0 amide bonds. The molecule has 0 saturated heterocycles. The molecule has 0 aromatic carbocycles. The molecule has 0 aliphatic heterocycles. The van der Waals surface area contributed by atoms with Crippen LogP contribution in [0.4, 0.5) is 0 Å². The maximum absolute atomic E-state index is 4.54. The van der Waals surface area contributed by atoms with Crippen LogP contribution >= 0.6 is 0 Å². The van der Waals surface area contributed by atoms with E-state index in [-0.39, 0.29) is 17.1 Å². The molecule has 1 aromatic heterocycles. The van der Waals surface area contributed by atoms with Gasteiger partial charge in [0.1, 0.15) is 0 Å². The van der Waals surface area contributed by atoms with Crippen LogP contribution in [0.25, 0.3) is 0 Å². The van der Waals surface area contributed by atoms with Gasteiger partial charge in [-0.05, 0) is 16.1 Å². The van der Waals surface area contributed by atoms with Gasteiger partial charge >= 0.3 is 17.1 Å². The number of pyridine rings is 1. The average Bonchev–Trinajstić information content (AvgIpc) is 2.00. The Kier molecular flexibility index (Phi) is 5.53. The third-order valence-corrected chi connectivity index (χ3v) is 10.4. The molecule has 1 nitrogen and oxygen atoms in total. The van der Waals surface area contributed by atoms with Gasteiger partial charge < -0.3 is 0 Å². The maximum atomic E-state index is 4.54. The SMILES string of the molecule is C[Si](C)(C)[C-](c1ccccn1)[Si](C)(C)C.[Cu+]. The topological polar surface area (TPSA) is 12.9 Å². The van der Waals surface area contributed by atoms with Crippen LogP contribution in [-0.2, 0) is 17.1 Å². The second kappa shape index (κ2) is 5.54. The Labute approximate surface area is 113 Å². The molecule has 4 heteroatoms. The summed E-state index contributed by atoms with van der Waals surface area (Å²) >= 11 is 0. The van der Waals surface area contributed by atoms with Crippen LogP contribution in [0.15, 0.2) is 24.4 Å². The van der Waals surface area contributed by atoms with E-state index < -0.39 is 16.1 Å². The van der Waals surface area contributed by atoms with Crippen molar-refractivity contribution in [2.45, 2.75) is 39.3 Å². The molecule has 0 atom stereocenters. The van der Waals surface area contributed by atoms with Crippen molar-refractivity contribution in [2.75, 3.05) is 0 Å². The molecule has 0 spiro atoms. The predicted octanol–water partition coefficient (Wildman–Crippen LogP) is 3.76. The Bertz CT molecular complexity index is 300. The van der Waals surface area contributed by atoms with Crippen LogP contribution in [0, 0.1) is 5.16 Å². The molecule has 16 heavy (non-hydrogen) atoms. The van der Waals surface area contributed by atoms with Crippen LogP contribution in [-0.4, -0.2) is 21.1 Å². The second-order valence-corrected chi connectivity index (χ2v) is 16.6. The zero-order chi connectivity index (χ0) is 11.7. The van der Waals surface area contributed by atoms with Gasteiger partial charge in [-0.3, -0.25) is 4.98 Å². The molecule has 0 aliphatic carbocycles. The predicted molar refractivity (Wildman–Crippen MR) is 73.3 cm³/mol. The van der Waals surface area contributed by atoms with E-state index in [1.165, 1.54) is 5.69 Å². The van der Waals surface area contributed by atoms with Gasteiger partial charge in [0.2, 0.25) is 0 Å². The summed E-state index contributed by atoms with van der Waals surface area (Å²) in [5.74, 6) is 0. The van der Waals surface area contributed by atoms with E-state index in [4.69, 9.17) is 0 Å². The van der Waals surface area contributed by atoms with Crippen molar-refractivity contribution in [3.63, 3.8) is 0 Å². The fraction of sp³-hybridized carbons (Fsp3) is 0.500. The van der Waals surface area contributed by atoms with Gasteiger partial charge in [0.15, 0.2) is 0 Å². The largest absolute Gasteiger partial charge is 1.00 e. The van der Waals surface area contributed by atoms with Crippen molar-refractivity contribution >= 4 is 16.1 Å². The first-order valence-corrected chi connectivity index (χ1v) is 12.5. The quantitative estimate of drug-likeness (QED) is 0.612. The molecule has 0 fully saturated rings. The van der Waals surface area contributed by atoms with E-state index in [9.17, 15) is 0 Å². The Morgan fingerprint density at radius 3 is 1.75 bits per heavy atom. The number of hydrogen-bond donors (Lipinski definition) is 0. The van der Waals surface area contributed by atoms with Gasteiger partial charge in [-0.2, -0.15) is 11.2 Å². The number of nitrogens with zero attached hydrogens (tertiary/aromatic N) is 1. The van der Waals surface area contributed by atoms with Gasteiger partial charge in [0, 0.05) is 6.20 Å². The van der Waals surface area contributed by atoms with E-state index in [0.717, 1.165) is 0 Å². The summed E-state index contributed by atoms with van der Waals surface area (Å²) in [4.78, 5) is 4.54. The summed E-state index contributed by atoms with van der Waals surface area (Å²) in [6, 6.07) is 6.27. The molecule has 94 valence electrons. The molecule has 0 radical (unpaired) electrons. The van der Waals surface area contributed by atoms with Crippen LogP contribution in [0.2, 0.25) is 39.3 Å². The van der Waals surface area contributed by atoms with Crippen molar-refractivity contribution in [2.24, 2.45) is 0 Å². The van der Waals surface area contributed by atoms with Gasteiger partial charge in [-0.15, -0.1) is 11.8 Å². The summed E-state index contributed by atoms with van der Waals surface area (Å²) in [6.07, 6.45) is 1.91. The van der Waals surface area contributed by atoms with E-state index in [2.05, 4.69) is 56.4 Å². The summed E-state index contributed by atoms with van der Waals surface area (Å²) in [5.41, 5.74) is 1.25. The molecular formula is C12H22CuNSi2. The van der Waals surface area contributed by atoms with Gasteiger partial charge in [-0.25, -0.2) is 0 Å². The third-order valence-electron chi connectivity index (χ3n) is 2.42. The first kappa shape index (κ1) is 16.0. The number of hydrogen-bond acceptors (Lipinski definition) is 1. The Morgan fingerprint density at radius 2 is 1.44 bits per heavy atom. The van der Waals surface area contributed by atoms with E-state index in [1.807, 2.05) is 12.3 Å². The first-order valence-electron chi connectivity index (χ1n) is 5.52. The van der Waals surface area contributed by atoms with Gasteiger partial charge in [0.25, 0.3) is 0 Å². The normalized spacial score (nSPS) is 11.9. The fourth-order valence-corrected chi connectivity index (χ4v) is 13.2.